The lowest BCUT2D eigenvalue weighted by Gasteiger charge is -2.40. The Morgan fingerprint density at radius 3 is 2.18 bits per heavy atom. The predicted molar refractivity (Wildman–Crippen MR) is 237 cm³/mol. The van der Waals surface area contributed by atoms with E-state index >= 15 is 0 Å². The van der Waals surface area contributed by atoms with Crippen molar-refractivity contribution in [2.24, 2.45) is 17.3 Å². The number of nitrogens with one attached hydrogen (secondary N) is 4. The predicted octanol–water partition coefficient (Wildman–Crippen LogP) is 7.72. The number of alkyl carbamates (subject to hydrolysis) is 2. The number of aliphatic hydroxyl groups excluding tert-OH is 1. The molecule has 0 radical (unpaired) electrons. The highest BCUT2D eigenvalue weighted by Crippen LogP contribution is 2.51. The molecule has 1 saturated heterocycles. The minimum Gasteiger partial charge on any atom is -0.453 e. The second-order valence-corrected chi connectivity index (χ2v) is 17.3. The average molecular weight is 841 g/mol. The van der Waals surface area contributed by atoms with E-state index in [1.165, 1.54) is 20.3 Å². The van der Waals surface area contributed by atoms with E-state index in [1.54, 1.807) is 11.1 Å². The first-order valence-corrected chi connectivity index (χ1v) is 21.4. The number of imidazole rings is 2. The summed E-state index contributed by atoms with van der Waals surface area (Å²) >= 11 is 0. The van der Waals surface area contributed by atoms with Gasteiger partial charge in [-0.2, -0.15) is 0 Å². The molecule has 2 bridgehead atoms. The lowest BCUT2D eigenvalue weighted by molar-refractivity contribution is -0.135. The Morgan fingerprint density at radius 2 is 1.52 bits per heavy atom. The number of aromatic nitrogens is 4. The van der Waals surface area contributed by atoms with Crippen LogP contribution in [0.5, 0.6) is 0 Å². The van der Waals surface area contributed by atoms with Crippen molar-refractivity contribution in [2.75, 3.05) is 20.8 Å². The number of amides is 3. The fourth-order valence-corrected chi connectivity index (χ4v) is 9.31. The van der Waals surface area contributed by atoms with E-state index in [-0.39, 0.29) is 35.9 Å². The minimum absolute atomic E-state index is 0.115. The number of benzene rings is 3. The highest BCUT2D eigenvalue weighted by Gasteiger charge is 2.51. The van der Waals surface area contributed by atoms with Gasteiger partial charge in [0.25, 0.3) is 0 Å². The Labute approximate surface area is 361 Å². The molecule has 3 amide bonds. The maximum absolute atomic E-state index is 13.9. The van der Waals surface area contributed by atoms with E-state index in [9.17, 15) is 19.5 Å². The Morgan fingerprint density at radius 1 is 0.887 bits per heavy atom. The molecule has 3 fully saturated rings. The molecule has 2 saturated carbocycles. The molecule has 14 heteroatoms. The summed E-state index contributed by atoms with van der Waals surface area (Å²) in [5.41, 5.74) is 5.75. The number of aliphatic hydroxyl groups is 1. The molecule has 324 valence electrons. The van der Waals surface area contributed by atoms with E-state index < -0.39 is 30.5 Å². The molecule has 5 N–H and O–H groups in total. The van der Waals surface area contributed by atoms with Crippen molar-refractivity contribution in [3.8, 4) is 33.6 Å². The lowest BCUT2D eigenvalue weighted by atomic mass is 9.97. The molecule has 8 rings (SSSR count). The van der Waals surface area contributed by atoms with Crippen molar-refractivity contribution >= 4 is 28.9 Å². The molecule has 1 aliphatic heterocycles. The summed E-state index contributed by atoms with van der Waals surface area (Å²) < 4.78 is 9.59. The van der Waals surface area contributed by atoms with Gasteiger partial charge in [-0.05, 0) is 83.5 Å². The van der Waals surface area contributed by atoms with Crippen LogP contribution in [-0.2, 0) is 20.8 Å². The summed E-state index contributed by atoms with van der Waals surface area (Å²) in [6.07, 6.45) is 9.81. The van der Waals surface area contributed by atoms with Crippen molar-refractivity contribution in [1.29, 1.82) is 0 Å². The zero-order valence-corrected chi connectivity index (χ0v) is 35.8. The molecule has 3 heterocycles. The van der Waals surface area contributed by atoms with Gasteiger partial charge < -0.3 is 40.1 Å². The number of ether oxygens (including phenoxy) is 2. The number of H-pyrrole nitrogens is 2. The number of hydrogen-bond donors (Lipinski definition) is 5. The van der Waals surface area contributed by atoms with Gasteiger partial charge in [0, 0.05) is 23.6 Å². The molecule has 2 aliphatic carbocycles. The van der Waals surface area contributed by atoms with E-state index in [0.29, 0.717) is 18.3 Å². The Kier molecular flexibility index (Phi) is 12.1. The first-order valence-electron chi connectivity index (χ1n) is 21.4. The van der Waals surface area contributed by atoms with Gasteiger partial charge in [0.1, 0.15) is 23.9 Å². The quantitative estimate of drug-likeness (QED) is 0.0623. The number of rotatable bonds is 16. The monoisotopic (exact) mass is 840 g/mol. The van der Waals surface area contributed by atoms with Gasteiger partial charge in [-0.1, -0.05) is 74.5 Å². The molecule has 5 aromatic rings. The van der Waals surface area contributed by atoms with Crippen LogP contribution in [0.4, 0.5) is 9.59 Å². The third-order valence-electron chi connectivity index (χ3n) is 13.0. The SMILES string of the molecule is C=C[C@H](NC(=O)OC)C(O)N1[C@@H]2CC[C@@H](C2)[C@H]1c1ncc(-c2ccc(-c3ccc4cc(-c5cnc(CN(CC6(C=C)CC6)C(=O)[C@@H](NC(=O)OC)C(C)C)[nH]5)ccc4c3)cc2)[nH]1. The third kappa shape index (κ3) is 8.62. The number of fused-ring (bicyclic) bond motifs is 3. The van der Waals surface area contributed by atoms with Gasteiger partial charge >= 0.3 is 12.2 Å². The Hall–Kier alpha value is -6.25. The van der Waals surface area contributed by atoms with Crippen LogP contribution >= 0.6 is 0 Å². The van der Waals surface area contributed by atoms with Crippen molar-refractivity contribution in [2.45, 2.75) is 82.9 Å². The van der Waals surface area contributed by atoms with Crippen LogP contribution in [0.15, 0.2) is 98.4 Å². The molecule has 2 aromatic heterocycles. The van der Waals surface area contributed by atoms with Crippen LogP contribution < -0.4 is 10.6 Å². The molecule has 3 aliphatic rings. The van der Waals surface area contributed by atoms with Gasteiger partial charge in [-0.3, -0.25) is 9.69 Å². The zero-order chi connectivity index (χ0) is 43.7. The Bertz CT molecular complexity index is 2450. The first-order chi connectivity index (χ1) is 29.9. The second-order valence-electron chi connectivity index (χ2n) is 17.3. The van der Waals surface area contributed by atoms with Crippen LogP contribution in [0.25, 0.3) is 44.4 Å². The Balaban J connectivity index is 0.952. The lowest BCUT2D eigenvalue weighted by Crippen LogP contribution is -2.54. The van der Waals surface area contributed by atoms with Gasteiger partial charge in [0.05, 0.1) is 56.6 Å². The fraction of sp³-hybridized carbons (Fsp3) is 0.396. The summed E-state index contributed by atoms with van der Waals surface area (Å²) in [5.74, 6) is 1.46. The number of hydrogen-bond acceptors (Lipinski definition) is 9. The van der Waals surface area contributed by atoms with Gasteiger partial charge in [-0.25, -0.2) is 19.6 Å². The number of methoxy groups -OCH3 is 2. The smallest absolute Gasteiger partial charge is 0.407 e. The highest BCUT2D eigenvalue weighted by molar-refractivity contribution is 5.91. The van der Waals surface area contributed by atoms with Crippen LogP contribution in [0.2, 0.25) is 0 Å². The van der Waals surface area contributed by atoms with Crippen molar-refractivity contribution in [1.82, 2.24) is 40.4 Å². The molecular formula is C48H56N8O6. The van der Waals surface area contributed by atoms with Crippen molar-refractivity contribution < 1.29 is 29.0 Å². The van der Waals surface area contributed by atoms with Crippen molar-refractivity contribution in [3.63, 3.8) is 0 Å². The third-order valence-corrected chi connectivity index (χ3v) is 13.0. The largest absolute Gasteiger partial charge is 0.453 e. The number of carbonyl (C=O) groups excluding carboxylic acids is 3. The molecule has 3 aromatic carbocycles. The fourth-order valence-electron chi connectivity index (χ4n) is 9.31. The van der Waals surface area contributed by atoms with E-state index in [0.717, 1.165) is 82.3 Å². The molecular weight excluding hydrogens is 785 g/mol. The van der Waals surface area contributed by atoms with Gasteiger partial charge in [-0.15, -0.1) is 13.2 Å². The number of carbonyl (C=O) groups is 3. The summed E-state index contributed by atoms with van der Waals surface area (Å²) in [7, 11) is 2.59. The highest BCUT2D eigenvalue weighted by atomic mass is 16.5. The second kappa shape index (κ2) is 17.6. The summed E-state index contributed by atoms with van der Waals surface area (Å²) in [6.45, 7) is 12.4. The van der Waals surface area contributed by atoms with Crippen molar-refractivity contribution in [3.05, 3.63) is 110 Å². The normalized spacial score (nSPS) is 20.3. The number of nitrogens with zero attached hydrogens (tertiary/aromatic N) is 4. The number of aromatic amines is 2. The molecule has 62 heavy (non-hydrogen) atoms. The van der Waals surface area contributed by atoms with Crippen LogP contribution in [-0.4, -0.2) is 98.1 Å². The van der Waals surface area contributed by atoms with Crippen LogP contribution in [0.3, 0.4) is 0 Å². The van der Waals surface area contributed by atoms with E-state index in [1.807, 2.05) is 26.1 Å². The minimum atomic E-state index is -0.975. The average Bonchev–Trinajstić information content (AvgIpc) is 3.78. The summed E-state index contributed by atoms with van der Waals surface area (Å²) in [6, 6.07) is 19.8. The topological polar surface area (TPSA) is 178 Å². The summed E-state index contributed by atoms with van der Waals surface area (Å²) in [4.78, 5) is 58.3. The molecule has 6 atom stereocenters. The zero-order valence-electron chi connectivity index (χ0n) is 35.8. The van der Waals surface area contributed by atoms with E-state index in [4.69, 9.17) is 14.5 Å². The van der Waals surface area contributed by atoms with Gasteiger partial charge in [0.2, 0.25) is 5.91 Å². The standard InChI is InChI=1S/C48H56N8O6/c1-7-37(53-46(59)61-5)44(57)56-36-18-17-35(23-36)42(56)43-50-25-38(52-43)30-11-9-29(10-12-30)31-13-14-33-22-34(16-15-32(33)21-31)39-24-49-40(51-39)26-55(27-48(8-2)19-20-48)45(58)41(28(3)4)54-47(60)62-6/h7-16,21-22,24-25,28,35-37,41-42,44,57H,1-2,17-20,23,26-27H2,3-6H3,(H,49,51)(H,50,52)(H,53,59)(H,54,60)/t35-,36+,37-,41-,42-,44?/m0/s1. The maximum Gasteiger partial charge on any atom is 0.407 e. The first kappa shape index (κ1) is 42.4. The summed E-state index contributed by atoms with van der Waals surface area (Å²) in [5, 5.41) is 19.0. The molecule has 0 spiro atoms. The van der Waals surface area contributed by atoms with Crippen LogP contribution in [0.1, 0.15) is 63.6 Å². The molecule has 14 nitrogen and oxygen atoms in total. The van der Waals surface area contributed by atoms with Crippen LogP contribution in [0, 0.1) is 17.3 Å². The number of piperidine rings is 1. The van der Waals surface area contributed by atoms with E-state index in [2.05, 4.69) is 104 Å². The number of likely N-dealkylation sites (tertiary alicyclic amines) is 1. The molecule has 1 unspecified atom stereocenters. The maximum atomic E-state index is 13.9. The van der Waals surface area contributed by atoms with Gasteiger partial charge in [0.15, 0.2) is 0 Å².